The number of nitrogens with zero attached hydrogens (tertiary/aromatic N) is 4. The first-order valence-corrected chi connectivity index (χ1v) is 22.4. The minimum absolute atomic E-state index is 0.00626. The van der Waals surface area contributed by atoms with E-state index in [0.717, 1.165) is 29.0 Å². The van der Waals surface area contributed by atoms with Crippen LogP contribution < -0.4 is 35.9 Å². The fraction of sp³-hybridized carbons (Fsp3) is 0.586. The van der Waals surface area contributed by atoms with Crippen molar-refractivity contribution in [2.75, 3.05) is 37.8 Å². The number of aldehydes is 1. The van der Waals surface area contributed by atoms with Gasteiger partial charge in [0, 0.05) is 43.5 Å². The highest BCUT2D eigenvalue weighted by molar-refractivity contribution is 8.13. The molecule has 0 spiro atoms. The number of ether oxygens (including phenoxy) is 1. The van der Waals surface area contributed by atoms with E-state index in [-0.39, 0.29) is 67.3 Å². The molecule has 1 fully saturated rings. The average Bonchev–Trinajstić information content (AvgIpc) is 3.70. The summed E-state index contributed by atoms with van der Waals surface area (Å²) in [4.78, 5) is 118. The van der Waals surface area contributed by atoms with Crippen LogP contribution in [0.3, 0.4) is 0 Å². The van der Waals surface area contributed by atoms with Gasteiger partial charge in [0.1, 0.15) is 48.3 Å². The number of rotatable bonds is 25. The molecule has 0 bridgehead atoms. The van der Waals surface area contributed by atoms with Crippen molar-refractivity contribution in [2.24, 2.45) is 5.41 Å². The number of amides is 2. The number of phosphoric ester groups is 3. The molecule has 2 aromatic rings. The number of hydrogen-bond acceptors (Lipinski definition) is 24. The molecule has 330 valence electrons. The van der Waals surface area contributed by atoms with Crippen LogP contribution in [0.15, 0.2) is 24.8 Å². The van der Waals surface area contributed by atoms with Gasteiger partial charge in [-0.1, -0.05) is 37.8 Å². The van der Waals surface area contributed by atoms with E-state index >= 15 is 0 Å². The summed E-state index contributed by atoms with van der Waals surface area (Å²) in [6.07, 6.45) is -4.29. The number of carbonyl (C=O) groups is 5. The molecule has 26 nitrogen and oxygen atoms in total. The highest BCUT2D eigenvalue weighted by Gasteiger charge is 2.47. The number of Topliss-reactive ketones (excluding diaryl/α,β-unsaturated/α-hetero) is 1. The van der Waals surface area contributed by atoms with Crippen molar-refractivity contribution in [1.29, 1.82) is 0 Å². The van der Waals surface area contributed by atoms with Crippen LogP contribution >= 0.6 is 35.2 Å². The summed E-state index contributed by atoms with van der Waals surface area (Å²) in [7, 11) is -17.7. The molecule has 3 heterocycles. The molecule has 2 aromatic heterocycles. The Morgan fingerprint density at radius 3 is 2.44 bits per heavy atom. The molecule has 0 saturated carbocycles. The minimum atomic E-state index is -5.94. The number of fused-ring (bicyclic) bond motifs is 1. The van der Waals surface area contributed by atoms with Crippen LogP contribution in [0.4, 0.5) is 5.82 Å². The van der Waals surface area contributed by atoms with Gasteiger partial charge in [-0.25, -0.2) is 19.3 Å². The Balaban J connectivity index is 1.44. The van der Waals surface area contributed by atoms with Gasteiger partial charge in [-0.3, -0.25) is 32.9 Å². The third kappa shape index (κ3) is 16.2. The third-order valence-corrected chi connectivity index (χ3v) is 11.7. The predicted molar refractivity (Wildman–Crippen MR) is 192 cm³/mol. The largest absolute Gasteiger partial charge is 0.790 e. The summed E-state index contributed by atoms with van der Waals surface area (Å²) in [6.45, 7) is -0.210. The maximum absolute atomic E-state index is 12.5. The van der Waals surface area contributed by atoms with Crippen LogP contribution in [0.5, 0.6) is 0 Å². The molecule has 1 aliphatic heterocycles. The van der Waals surface area contributed by atoms with Gasteiger partial charge in [0.05, 0.1) is 33.8 Å². The molecule has 30 heteroatoms. The fourth-order valence-corrected chi connectivity index (χ4v) is 8.35. The van der Waals surface area contributed by atoms with Crippen molar-refractivity contribution in [2.45, 2.75) is 70.2 Å². The number of phosphoric acid groups is 3. The second-order valence-corrected chi connectivity index (χ2v) is 18.2. The molecule has 1 saturated heterocycles. The number of ketones is 1. The van der Waals surface area contributed by atoms with E-state index in [1.165, 1.54) is 26.0 Å². The molecule has 59 heavy (non-hydrogen) atoms. The van der Waals surface area contributed by atoms with Gasteiger partial charge in [0.25, 0.3) is 15.6 Å². The van der Waals surface area contributed by atoms with E-state index in [0.29, 0.717) is 6.29 Å². The van der Waals surface area contributed by atoms with Gasteiger partial charge in [-0.2, -0.15) is 0 Å². The number of aliphatic hydroxyl groups excluding tert-OH is 2. The molecule has 0 aliphatic carbocycles. The lowest BCUT2D eigenvalue weighted by atomic mass is 9.87. The van der Waals surface area contributed by atoms with Crippen molar-refractivity contribution in [3.63, 3.8) is 0 Å². The summed E-state index contributed by atoms with van der Waals surface area (Å²) in [5.41, 5.74) is 4.00. The van der Waals surface area contributed by atoms with Crippen LogP contribution in [0.1, 0.15) is 45.8 Å². The number of aliphatic hydroxyl groups is 2. The first kappa shape index (κ1) is 50.0. The average molecular weight is 916 g/mol. The van der Waals surface area contributed by atoms with Gasteiger partial charge < -0.3 is 73.8 Å². The zero-order chi connectivity index (χ0) is 44.2. The van der Waals surface area contributed by atoms with E-state index < -0.39 is 89.7 Å². The molecular weight excluding hydrogens is 875 g/mol. The van der Waals surface area contributed by atoms with E-state index in [4.69, 9.17) is 10.5 Å². The Morgan fingerprint density at radius 1 is 1.07 bits per heavy atom. The first-order chi connectivity index (χ1) is 27.4. The van der Waals surface area contributed by atoms with E-state index in [2.05, 4.69) is 43.5 Å². The lowest BCUT2D eigenvalue weighted by Crippen LogP contribution is -2.46. The predicted octanol–water partition coefficient (Wildman–Crippen LogP) is -3.37. The van der Waals surface area contributed by atoms with Crippen LogP contribution in [0.2, 0.25) is 0 Å². The van der Waals surface area contributed by atoms with Crippen molar-refractivity contribution in [3.8, 4) is 0 Å². The van der Waals surface area contributed by atoms with Gasteiger partial charge >= 0.3 is 0 Å². The topological polar surface area (TPSA) is 409 Å². The molecule has 3 rings (SSSR count). The molecule has 0 aromatic carbocycles. The molecular formula is C29H40N7O19P3S-4. The number of hydrogen-bond donors (Lipinski definition) is 5. The zero-order valence-corrected chi connectivity index (χ0v) is 34.6. The quantitative estimate of drug-likeness (QED) is 0.0213. The number of allylic oxidation sites excluding steroid dienone is 2. The summed E-state index contributed by atoms with van der Waals surface area (Å²) >= 11 is 0.829. The summed E-state index contributed by atoms with van der Waals surface area (Å²) in [6, 6.07) is 0. The van der Waals surface area contributed by atoms with Crippen molar-refractivity contribution >= 4 is 81.2 Å². The van der Waals surface area contributed by atoms with Crippen LogP contribution in [0.25, 0.3) is 11.2 Å². The maximum Gasteiger partial charge on any atom is 0.274 e. The zero-order valence-electron chi connectivity index (χ0n) is 31.1. The Labute approximate surface area is 339 Å². The van der Waals surface area contributed by atoms with Gasteiger partial charge in [0.2, 0.25) is 11.8 Å². The van der Waals surface area contributed by atoms with Crippen molar-refractivity contribution in [1.82, 2.24) is 30.2 Å². The number of anilines is 1. The molecule has 2 unspecified atom stereocenters. The van der Waals surface area contributed by atoms with E-state index in [9.17, 15) is 67.5 Å². The van der Waals surface area contributed by atoms with Crippen LogP contribution in [-0.4, -0.2) is 115 Å². The molecule has 7 atom stereocenters. The molecule has 0 radical (unpaired) electrons. The number of thioether (sulfide) groups is 1. The third-order valence-electron chi connectivity index (χ3n) is 7.83. The first-order valence-electron chi connectivity index (χ1n) is 17.0. The van der Waals surface area contributed by atoms with Gasteiger partial charge in [0.15, 0.2) is 22.8 Å². The summed E-state index contributed by atoms with van der Waals surface area (Å²) < 4.78 is 60.4. The summed E-state index contributed by atoms with van der Waals surface area (Å²) in [5, 5.41) is 25.7. The molecule has 6 N–H and O–H groups in total. The Morgan fingerprint density at radius 2 is 1.76 bits per heavy atom. The number of carbonyl (C=O) groups excluding carboxylic acids is 5. The fourth-order valence-electron chi connectivity index (χ4n) is 4.92. The van der Waals surface area contributed by atoms with Gasteiger partial charge in [-0.05, 0) is 0 Å². The number of imidazole rings is 1. The second kappa shape index (κ2) is 21.9. The minimum Gasteiger partial charge on any atom is -0.790 e. The smallest absolute Gasteiger partial charge is 0.274 e. The maximum atomic E-state index is 12.5. The van der Waals surface area contributed by atoms with Crippen molar-refractivity contribution < 1.29 is 90.1 Å². The lowest BCUT2D eigenvalue weighted by molar-refractivity contribution is -0.347. The van der Waals surface area contributed by atoms with E-state index in [1.54, 1.807) is 0 Å². The van der Waals surface area contributed by atoms with Crippen LogP contribution in [-0.2, 0) is 60.3 Å². The normalized spacial score (nSPS) is 21.2. The highest BCUT2D eigenvalue weighted by Crippen LogP contribution is 2.56. The SMILES string of the molecule is CC(C)(COP(=O)([O-])OP(=O)([O-])OC[C@H]1O[C@@H](n2cnc3c(N)ncnc32)[C@H](O)[C@@H]1OP(=O)([O-])[O-])[C@@H](O)C(=O)NCCC(=O)NCCSC(=O)CC(=O)C/C=C/CC=O. The Kier molecular flexibility index (Phi) is 18.6. The number of nitrogen functional groups attached to an aromatic ring is 1. The second-order valence-electron chi connectivity index (χ2n) is 13.0. The lowest BCUT2D eigenvalue weighted by Gasteiger charge is -2.36. The van der Waals surface area contributed by atoms with Crippen molar-refractivity contribution in [3.05, 3.63) is 24.8 Å². The molecule has 1 aliphatic rings. The summed E-state index contributed by atoms with van der Waals surface area (Å²) in [5.74, 6) is -1.87. The highest BCUT2D eigenvalue weighted by atomic mass is 32.2. The monoisotopic (exact) mass is 915 g/mol. The van der Waals surface area contributed by atoms with Crippen LogP contribution in [0, 0.1) is 5.41 Å². The number of nitrogens with two attached hydrogens (primary N) is 1. The Hall–Kier alpha value is -3.36. The number of aromatic nitrogens is 4. The standard InChI is InChI=1S/C29H44N7O19P3S/c1-29(2,24(42)27(43)32-8-7-19(39)31-9-11-59-20(40)12-17(38)6-4-3-5-10-37)14-52-58(49,50)55-57(47,48)51-13-18-23(54-56(44,45)46)22(41)28(53-18)36-16-35-21-25(30)33-15-34-26(21)36/h3-4,10,15-16,18,22-24,28,41-42H,5-9,11-14H2,1-2H3,(H,31,39)(H,32,43)(H,47,48)(H,49,50)(H2,30,33,34)(H2,44,45,46)/p-4/b4-3+/t18-,22-,23-,24+,28-/m1/s1. The van der Waals surface area contributed by atoms with Gasteiger partial charge in [-0.15, -0.1) is 0 Å². The Bertz CT molecular complexity index is 2000. The molecule has 2 amide bonds. The number of nitrogens with one attached hydrogen (secondary N) is 2. The van der Waals surface area contributed by atoms with E-state index in [1.807, 2.05) is 0 Å².